The van der Waals surface area contributed by atoms with Crippen LogP contribution in [0.4, 0.5) is 5.82 Å². The molecular formula is C12H19BN6O3. The molecule has 0 saturated carbocycles. The molecule has 0 amide bonds. The lowest BCUT2D eigenvalue weighted by atomic mass is 9.68. The summed E-state index contributed by atoms with van der Waals surface area (Å²) in [6, 6.07) is 0. The highest BCUT2D eigenvalue weighted by Crippen LogP contribution is 2.33. The van der Waals surface area contributed by atoms with Crippen LogP contribution in [0.25, 0.3) is 11.2 Å². The Morgan fingerprint density at radius 3 is 2.86 bits per heavy atom. The van der Waals surface area contributed by atoms with Crippen LogP contribution in [-0.4, -0.2) is 61.9 Å². The van der Waals surface area contributed by atoms with Crippen LogP contribution in [0.3, 0.4) is 0 Å². The number of rotatable bonds is 5. The van der Waals surface area contributed by atoms with Crippen LogP contribution in [0.1, 0.15) is 6.23 Å². The van der Waals surface area contributed by atoms with Crippen molar-refractivity contribution in [1.29, 1.82) is 0 Å². The highest BCUT2D eigenvalue weighted by molar-refractivity contribution is 6.35. The zero-order valence-electron chi connectivity index (χ0n) is 12.0. The zero-order chi connectivity index (χ0) is 15.7. The van der Waals surface area contributed by atoms with Gasteiger partial charge in [0.05, 0.1) is 12.4 Å². The van der Waals surface area contributed by atoms with E-state index in [9.17, 15) is 10.2 Å². The molecule has 0 aliphatic carbocycles. The fraction of sp³-hybridized carbons (Fsp3) is 0.583. The monoisotopic (exact) mass is 306 g/mol. The average Bonchev–Trinajstić information content (AvgIpc) is 3.05. The van der Waals surface area contributed by atoms with Crippen molar-refractivity contribution in [2.24, 2.45) is 5.73 Å². The summed E-state index contributed by atoms with van der Waals surface area (Å²) in [4.78, 5) is 12.1. The second kappa shape index (κ2) is 6.17. The van der Waals surface area contributed by atoms with Crippen LogP contribution in [0.5, 0.6) is 0 Å². The minimum absolute atomic E-state index is 0.260. The molecule has 10 heteroatoms. The van der Waals surface area contributed by atoms with Gasteiger partial charge in [-0.2, -0.15) is 0 Å². The number of imidazole rings is 1. The molecule has 2 aromatic rings. The molecule has 3 heterocycles. The summed E-state index contributed by atoms with van der Waals surface area (Å²) in [6.45, 7) is 0.594. The third-order valence-electron chi connectivity index (χ3n) is 3.94. The van der Waals surface area contributed by atoms with Crippen molar-refractivity contribution in [3.63, 3.8) is 0 Å². The molecule has 0 bridgehead atoms. The van der Waals surface area contributed by atoms with Crippen LogP contribution in [0.15, 0.2) is 12.7 Å². The van der Waals surface area contributed by atoms with E-state index in [1.807, 2.05) is 0 Å². The summed E-state index contributed by atoms with van der Waals surface area (Å²) in [5.74, 6) is 0.260. The second-order valence-corrected chi connectivity index (χ2v) is 5.41. The van der Waals surface area contributed by atoms with Gasteiger partial charge >= 0.3 is 0 Å². The standard InChI is InChI=1S/C12H19BN6O3/c14-2-1-13-3-6-8(20)9(21)12(22-6)19-5-18-7-10(15)16-4-17-11(7)19/h4-6,8-9,12-13,20-21H,1-3,14H2,(H2,15,16,17). The molecule has 3 rings (SSSR count). The predicted octanol–water partition coefficient (Wildman–Crippen LogP) is -1.74. The Bertz CT molecular complexity index is 653. The molecule has 4 atom stereocenters. The average molecular weight is 306 g/mol. The third kappa shape index (κ3) is 2.54. The van der Waals surface area contributed by atoms with E-state index >= 15 is 0 Å². The summed E-state index contributed by atoms with van der Waals surface area (Å²) in [5.41, 5.74) is 12.1. The van der Waals surface area contributed by atoms with Crippen molar-refractivity contribution in [3.8, 4) is 0 Å². The number of aromatic nitrogens is 4. The number of aliphatic hydroxyl groups excluding tert-OH is 2. The zero-order valence-corrected chi connectivity index (χ0v) is 12.0. The largest absolute Gasteiger partial charge is 0.388 e. The van der Waals surface area contributed by atoms with Crippen molar-refractivity contribution >= 4 is 24.3 Å². The Labute approximate surface area is 127 Å². The van der Waals surface area contributed by atoms with Crippen LogP contribution >= 0.6 is 0 Å². The molecule has 0 radical (unpaired) electrons. The maximum Gasteiger partial charge on any atom is 0.167 e. The molecule has 9 nitrogen and oxygen atoms in total. The SMILES string of the molecule is NCCBCC1OC(n2cnc3c(N)ncnc32)C(O)C1O. The van der Waals surface area contributed by atoms with Gasteiger partial charge in [0.2, 0.25) is 0 Å². The molecule has 2 aromatic heterocycles. The van der Waals surface area contributed by atoms with Crippen LogP contribution < -0.4 is 11.5 Å². The van der Waals surface area contributed by atoms with Gasteiger partial charge in [-0.25, -0.2) is 15.0 Å². The van der Waals surface area contributed by atoms with Crippen LogP contribution in [-0.2, 0) is 4.74 Å². The number of hydrogen-bond acceptors (Lipinski definition) is 8. The number of fused-ring (bicyclic) bond motifs is 1. The quantitative estimate of drug-likeness (QED) is 0.376. The second-order valence-electron chi connectivity index (χ2n) is 5.41. The van der Waals surface area contributed by atoms with E-state index in [-0.39, 0.29) is 5.82 Å². The van der Waals surface area contributed by atoms with Crippen LogP contribution in [0, 0.1) is 0 Å². The summed E-state index contributed by atoms with van der Waals surface area (Å²) in [6.07, 6.45) is 1.09. The minimum Gasteiger partial charge on any atom is -0.388 e. The molecule has 1 aliphatic heterocycles. The van der Waals surface area contributed by atoms with Crippen molar-refractivity contribution < 1.29 is 14.9 Å². The normalized spacial score (nSPS) is 28.3. The van der Waals surface area contributed by atoms with Crippen molar-refractivity contribution in [2.75, 3.05) is 12.3 Å². The molecule has 6 N–H and O–H groups in total. The van der Waals surface area contributed by atoms with E-state index in [4.69, 9.17) is 16.2 Å². The number of aliphatic hydroxyl groups is 2. The molecule has 0 aromatic carbocycles. The molecule has 1 fully saturated rings. The minimum atomic E-state index is -1.06. The molecule has 0 spiro atoms. The van der Waals surface area contributed by atoms with Gasteiger partial charge in [0, 0.05) is 0 Å². The van der Waals surface area contributed by atoms with Gasteiger partial charge in [0.1, 0.15) is 31.3 Å². The van der Waals surface area contributed by atoms with Gasteiger partial charge in [0.15, 0.2) is 17.7 Å². The number of anilines is 1. The highest BCUT2D eigenvalue weighted by Gasteiger charge is 2.43. The van der Waals surface area contributed by atoms with Crippen molar-refractivity contribution in [2.45, 2.75) is 37.2 Å². The van der Waals surface area contributed by atoms with Crippen LogP contribution in [0.2, 0.25) is 12.6 Å². The molecule has 22 heavy (non-hydrogen) atoms. The van der Waals surface area contributed by atoms with E-state index in [1.165, 1.54) is 12.7 Å². The van der Waals surface area contributed by atoms with Gasteiger partial charge in [0.25, 0.3) is 0 Å². The van der Waals surface area contributed by atoms with E-state index in [0.29, 0.717) is 24.0 Å². The number of nitrogen functional groups attached to an aromatic ring is 1. The lowest BCUT2D eigenvalue weighted by Crippen LogP contribution is -2.32. The topological polar surface area (TPSA) is 145 Å². The molecular weight excluding hydrogens is 287 g/mol. The van der Waals surface area contributed by atoms with Gasteiger partial charge < -0.3 is 26.4 Å². The maximum atomic E-state index is 10.3. The number of hydrogen-bond donors (Lipinski definition) is 4. The van der Waals surface area contributed by atoms with Gasteiger partial charge in [-0.1, -0.05) is 6.32 Å². The Morgan fingerprint density at radius 2 is 2.09 bits per heavy atom. The maximum absolute atomic E-state index is 10.3. The fourth-order valence-electron chi connectivity index (χ4n) is 2.74. The Hall–Kier alpha value is -1.75. The Balaban J connectivity index is 1.83. The first-order valence-electron chi connectivity index (χ1n) is 7.28. The lowest BCUT2D eigenvalue weighted by molar-refractivity contribution is -0.0299. The van der Waals surface area contributed by atoms with Gasteiger partial charge in [-0.05, 0) is 12.9 Å². The molecule has 1 saturated heterocycles. The Morgan fingerprint density at radius 1 is 1.27 bits per heavy atom. The summed E-state index contributed by atoms with van der Waals surface area (Å²) in [5, 5.41) is 20.4. The summed E-state index contributed by atoms with van der Waals surface area (Å²) < 4.78 is 7.38. The van der Waals surface area contributed by atoms with Gasteiger partial charge in [-0.15, -0.1) is 0 Å². The van der Waals surface area contributed by atoms with Gasteiger partial charge in [-0.3, -0.25) is 4.57 Å². The molecule has 1 aliphatic rings. The fourth-order valence-corrected chi connectivity index (χ4v) is 2.74. The van der Waals surface area contributed by atoms with E-state index in [1.54, 1.807) is 4.57 Å². The first-order valence-corrected chi connectivity index (χ1v) is 7.28. The highest BCUT2D eigenvalue weighted by atomic mass is 16.6. The first kappa shape index (κ1) is 15.2. The molecule has 118 valence electrons. The molecule has 4 unspecified atom stereocenters. The predicted molar refractivity (Wildman–Crippen MR) is 81.5 cm³/mol. The van der Waals surface area contributed by atoms with E-state index in [2.05, 4.69) is 15.0 Å². The number of nitrogens with two attached hydrogens (primary N) is 2. The third-order valence-corrected chi connectivity index (χ3v) is 3.94. The number of nitrogens with zero attached hydrogens (tertiary/aromatic N) is 4. The summed E-state index contributed by atoms with van der Waals surface area (Å²) in [7, 11) is 0.831. The lowest BCUT2D eigenvalue weighted by Gasteiger charge is -2.16. The smallest absolute Gasteiger partial charge is 0.167 e. The van der Waals surface area contributed by atoms with Crippen molar-refractivity contribution in [3.05, 3.63) is 12.7 Å². The summed E-state index contributed by atoms with van der Waals surface area (Å²) >= 11 is 0. The van der Waals surface area contributed by atoms with E-state index < -0.39 is 24.5 Å². The Kier molecular flexibility index (Phi) is 4.25. The first-order chi connectivity index (χ1) is 10.6. The van der Waals surface area contributed by atoms with E-state index in [0.717, 1.165) is 13.6 Å². The number of ether oxygens (including phenoxy) is 1. The van der Waals surface area contributed by atoms with Crippen molar-refractivity contribution in [1.82, 2.24) is 19.5 Å².